The zero-order valence-corrected chi connectivity index (χ0v) is 11.8. The van der Waals surface area contributed by atoms with Crippen molar-refractivity contribution in [1.82, 2.24) is 9.71 Å². The molecule has 20 heavy (non-hydrogen) atoms. The first-order chi connectivity index (χ1) is 9.44. The number of amides is 1. The van der Waals surface area contributed by atoms with Gasteiger partial charge in [0.2, 0.25) is 10.0 Å². The van der Waals surface area contributed by atoms with Crippen LogP contribution in [0.1, 0.15) is 0 Å². The number of anilines is 1. The van der Waals surface area contributed by atoms with Crippen LogP contribution in [-0.2, 0) is 19.6 Å². The molecule has 0 bridgehead atoms. The highest BCUT2D eigenvalue weighted by Gasteiger charge is 2.15. The highest BCUT2D eigenvalue weighted by Crippen LogP contribution is 2.13. The molecule has 0 spiro atoms. The molecule has 9 heteroatoms. The summed E-state index contributed by atoms with van der Waals surface area (Å²) in [4.78, 5) is 19.1. The van der Waals surface area contributed by atoms with Gasteiger partial charge in [-0.2, -0.15) is 0 Å². The zero-order valence-electron chi connectivity index (χ0n) is 11.0. The molecule has 1 amide bonds. The van der Waals surface area contributed by atoms with Crippen molar-refractivity contribution in [2.75, 3.05) is 19.4 Å². The zero-order chi connectivity index (χ0) is 15.2. The van der Waals surface area contributed by atoms with Crippen LogP contribution in [0.15, 0.2) is 41.2 Å². The van der Waals surface area contributed by atoms with Gasteiger partial charge in [0.15, 0.2) is 0 Å². The Hall–Kier alpha value is -2.26. The smallest absolute Gasteiger partial charge is 0.311 e. The Kier molecular flexibility index (Phi) is 5.35. The molecule has 0 unspecified atom stereocenters. The number of carbonyl (C=O) groups excluding carboxylic acids is 1. The SMILES string of the molecule is C=CO/C(=N\C)C(=O)Nc1cncc(S(=O)(=O)NC)c1. The molecule has 2 N–H and O–H groups in total. The lowest BCUT2D eigenvalue weighted by Gasteiger charge is -2.07. The minimum absolute atomic E-state index is 0.0718. The molecule has 0 radical (unpaired) electrons. The second-order valence-electron chi connectivity index (χ2n) is 3.38. The predicted octanol–water partition coefficient (Wildman–Crippen LogP) is 0.117. The van der Waals surface area contributed by atoms with Gasteiger partial charge in [0.1, 0.15) is 4.90 Å². The Morgan fingerprint density at radius 3 is 2.75 bits per heavy atom. The number of hydrogen-bond donors (Lipinski definition) is 2. The van der Waals surface area contributed by atoms with Gasteiger partial charge in [-0.3, -0.25) is 9.78 Å². The quantitative estimate of drug-likeness (QED) is 0.466. The topological polar surface area (TPSA) is 110 Å². The van der Waals surface area contributed by atoms with Crippen LogP contribution >= 0.6 is 0 Å². The number of aliphatic imine (C=N–C) groups is 1. The Morgan fingerprint density at radius 1 is 1.50 bits per heavy atom. The summed E-state index contributed by atoms with van der Waals surface area (Å²) in [5.74, 6) is -0.852. The molecular weight excluding hydrogens is 284 g/mol. The molecule has 0 fully saturated rings. The summed E-state index contributed by atoms with van der Waals surface area (Å²) in [6, 6.07) is 1.26. The minimum atomic E-state index is -3.63. The first-order valence-electron chi connectivity index (χ1n) is 5.39. The van der Waals surface area contributed by atoms with Gasteiger partial charge in [-0.05, 0) is 13.1 Å². The number of sulfonamides is 1. The van der Waals surface area contributed by atoms with Gasteiger partial charge in [-0.15, -0.1) is 0 Å². The lowest BCUT2D eigenvalue weighted by atomic mass is 10.4. The molecule has 0 aliphatic rings. The fourth-order valence-electron chi connectivity index (χ4n) is 1.22. The van der Waals surface area contributed by atoms with Gasteiger partial charge in [0.25, 0.3) is 5.90 Å². The van der Waals surface area contributed by atoms with Gasteiger partial charge in [-0.1, -0.05) is 6.58 Å². The molecule has 0 atom stereocenters. The van der Waals surface area contributed by atoms with Crippen molar-refractivity contribution in [2.45, 2.75) is 4.90 Å². The number of nitrogens with one attached hydrogen (secondary N) is 2. The second-order valence-corrected chi connectivity index (χ2v) is 5.27. The van der Waals surface area contributed by atoms with Crippen molar-refractivity contribution >= 4 is 27.5 Å². The van der Waals surface area contributed by atoms with Crippen molar-refractivity contribution in [3.8, 4) is 0 Å². The maximum atomic E-state index is 11.8. The Balaban J connectivity index is 2.97. The second kappa shape index (κ2) is 6.78. The van der Waals surface area contributed by atoms with E-state index in [1.165, 1.54) is 26.4 Å². The van der Waals surface area contributed by atoms with Crippen molar-refractivity contribution in [2.24, 2.45) is 4.99 Å². The van der Waals surface area contributed by atoms with E-state index in [1.807, 2.05) is 0 Å². The molecule has 0 aromatic carbocycles. The summed E-state index contributed by atoms with van der Waals surface area (Å²) < 4.78 is 30.2. The molecule has 8 nitrogen and oxygen atoms in total. The van der Waals surface area contributed by atoms with Gasteiger partial charge >= 0.3 is 5.91 Å². The number of hydrogen-bond acceptors (Lipinski definition) is 6. The normalized spacial score (nSPS) is 11.8. The monoisotopic (exact) mass is 298 g/mol. The summed E-state index contributed by atoms with van der Waals surface area (Å²) in [5.41, 5.74) is 0.195. The predicted molar refractivity (Wildman–Crippen MR) is 73.8 cm³/mol. The van der Waals surface area contributed by atoms with Crippen LogP contribution in [0, 0.1) is 0 Å². The molecule has 1 heterocycles. The lowest BCUT2D eigenvalue weighted by molar-refractivity contribution is -0.111. The third kappa shape index (κ3) is 3.87. The highest BCUT2D eigenvalue weighted by molar-refractivity contribution is 7.89. The van der Waals surface area contributed by atoms with Crippen LogP contribution in [0.25, 0.3) is 0 Å². The van der Waals surface area contributed by atoms with E-state index in [-0.39, 0.29) is 16.5 Å². The van der Waals surface area contributed by atoms with E-state index in [9.17, 15) is 13.2 Å². The first-order valence-corrected chi connectivity index (χ1v) is 6.87. The number of nitrogens with zero attached hydrogens (tertiary/aromatic N) is 2. The Morgan fingerprint density at radius 2 is 2.20 bits per heavy atom. The van der Waals surface area contributed by atoms with Gasteiger partial charge in [-0.25, -0.2) is 18.1 Å². The standard InChI is InChI=1S/C11H14N4O4S/c1-4-19-11(12-2)10(16)15-8-5-9(7-14-6-8)20(17,18)13-3/h4-7,13H,1H2,2-3H3,(H,15,16)/b12-11-. The van der Waals surface area contributed by atoms with Crippen LogP contribution in [0.3, 0.4) is 0 Å². The van der Waals surface area contributed by atoms with E-state index in [0.29, 0.717) is 0 Å². The summed E-state index contributed by atoms with van der Waals surface area (Å²) >= 11 is 0. The maximum absolute atomic E-state index is 11.8. The van der Waals surface area contributed by atoms with Crippen molar-refractivity contribution < 1.29 is 17.9 Å². The molecule has 0 saturated carbocycles. The lowest BCUT2D eigenvalue weighted by Crippen LogP contribution is -2.24. The van der Waals surface area contributed by atoms with Crippen molar-refractivity contribution in [3.63, 3.8) is 0 Å². The van der Waals surface area contributed by atoms with Crippen LogP contribution < -0.4 is 10.0 Å². The van der Waals surface area contributed by atoms with E-state index in [4.69, 9.17) is 4.74 Å². The van der Waals surface area contributed by atoms with E-state index in [0.717, 1.165) is 12.5 Å². The van der Waals surface area contributed by atoms with Crippen LogP contribution in [-0.4, -0.2) is 39.3 Å². The number of carbonyl (C=O) groups is 1. The molecule has 1 aromatic heterocycles. The van der Waals surface area contributed by atoms with E-state index in [1.54, 1.807) is 0 Å². The molecule has 1 rings (SSSR count). The maximum Gasteiger partial charge on any atom is 0.311 e. The highest BCUT2D eigenvalue weighted by atomic mass is 32.2. The minimum Gasteiger partial charge on any atom is -0.444 e. The van der Waals surface area contributed by atoms with Crippen LogP contribution in [0.5, 0.6) is 0 Å². The molecule has 0 aliphatic heterocycles. The van der Waals surface area contributed by atoms with E-state index >= 15 is 0 Å². The Bertz CT molecular complexity index is 640. The summed E-state index contributed by atoms with van der Waals surface area (Å²) in [5, 5.41) is 2.42. The largest absolute Gasteiger partial charge is 0.444 e. The molecule has 1 aromatic rings. The fourth-order valence-corrected chi connectivity index (χ4v) is 1.94. The molecular formula is C11H14N4O4S. The van der Waals surface area contributed by atoms with Gasteiger partial charge in [0, 0.05) is 13.2 Å². The van der Waals surface area contributed by atoms with Crippen molar-refractivity contribution in [1.29, 1.82) is 0 Å². The van der Waals surface area contributed by atoms with Gasteiger partial charge in [0.05, 0.1) is 18.1 Å². The van der Waals surface area contributed by atoms with Gasteiger partial charge < -0.3 is 10.1 Å². The van der Waals surface area contributed by atoms with E-state index in [2.05, 4.69) is 26.6 Å². The summed E-state index contributed by atoms with van der Waals surface area (Å²) in [6.45, 7) is 3.31. The van der Waals surface area contributed by atoms with E-state index < -0.39 is 15.9 Å². The summed E-state index contributed by atoms with van der Waals surface area (Å²) in [6.07, 6.45) is 3.52. The molecule has 0 saturated heterocycles. The third-order valence-corrected chi connectivity index (χ3v) is 3.52. The van der Waals surface area contributed by atoms with Crippen LogP contribution in [0.4, 0.5) is 5.69 Å². The molecule has 108 valence electrons. The number of rotatable bonds is 4. The number of aromatic nitrogens is 1. The summed E-state index contributed by atoms with van der Waals surface area (Å²) in [7, 11) is -0.982. The Labute approximate surface area is 116 Å². The van der Waals surface area contributed by atoms with Crippen LogP contribution in [0.2, 0.25) is 0 Å². The average Bonchev–Trinajstić information content (AvgIpc) is 2.44. The number of ether oxygens (including phenoxy) is 1. The van der Waals surface area contributed by atoms with Crippen molar-refractivity contribution in [3.05, 3.63) is 31.3 Å². The third-order valence-electron chi connectivity index (χ3n) is 2.14. The first kappa shape index (κ1) is 15.8. The fraction of sp³-hybridized carbons (Fsp3) is 0.182. The molecule has 0 aliphatic carbocycles. The number of pyridine rings is 1. The average molecular weight is 298 g/mol.